The van der Waals surface area contributed by atoms with Crippen LogP contribution >= 0.6 is 0 Å². The van der Waals surface area contributed by atoms with E-state index < -0.39 is 0 Å². The molecule has 1 aromatic heterocycles. The predicted octanol–water partition coefficient (Wildman–Crippen LogP) is 3.48. The summed E-state index contributed by atoms with van der Waals surface area (Å²) >= 11 is 0. The quantitative estimate of drug-likeness (QED) is 0.814. The first kappa shape index (κ1) is 16.2. The van der Waals surface area contributed by atoms with Gasteiger partial charge >= 0.3 is 0 Å². The number of nitrogens with zero attached hydrogens (tertiary/aromatic N) is 3. The van der Waals surface area contributed by atoms with Crippen molar-refractivity contribution in [1.29, 1.82) is 0 Å². The van der Waals surface area contributed by atoms with Crippen molar-refractivity contribution in [3.63, 3.8) is 0 Å². The zero-order valence-corrected chi connectivity index (χ0v) is 14.2. The summed E-state index contributed by atoms with van der Waals surface area (Å²) in [5.74, 6) is 1.32. The van der Waals surface area contributed by atoms with Crippen LogP contribution < -0.4 is 10.2 Å². The lowest BCUT2D eigenvalue weighted by Gasteiger charge is -2.34. The van der Waals surface area contributed by atoms with Crippen LogP contribution in [0.4, 0.5) is 5.69 Å². The Kier molecular flexibility index (Phi) is 5.20. The number of hydrogen-bond acceptors (Lipinski definition) is 4. The molecule has 118 valence electrons. The molecule has 1 aromatic rings. The second-order valence-electron chi connectivity index (χ2n) is 6.96. The fourth-order valence-corrected chi connectivity index (χ4v) is 3.00. The fraction of sp³-hybridized carbons (Fsp3) is 0.765. The Hall–Kier alpha value is -1.16. The Balaban J connectivity index is 2.30. The van der Waals surface area contributed by atoms with Crippen molar-refractivity contribution in [2.45, 2.75) is 71.9 Å². The maximum absolute atomic E-state index is 4.84. The lowest BCUT2D eigenvalue weighted by molar-refractivity contribution is 0.513. The zero-order valence-electron chi connectivity index (χ0n) is 14.2. The molecular formula is C17H30N4. The molecule has 1 saturated heterocycles. The van der Waals surface area contributed by atoms with Crippen molar-refractivity contribution in [3.8, 4) is 0 Å². The summed E-state index contributed by atoms with van der Waals surface area (Å²) in [6.45, 7) is 14.1. The molecule has 0 unspecified atom stereocenters. The Bertz CT molecular complexity index is 468. The molecule has 4 heteroatoms. The molecule has 1 aliphatic rings. The van der Waals surface area contributed by atoms with E-state index in [9.17, 15) is 0 Å². The summed E-state index contributed by atoms with van der Waals surface area (Å²) in [5, 5.41) is 3.49. The van der Waals surface area contributed by atoms with Crippen molar-refractivity contribution < 1.29 is 0 Å². The van der Waals surface area contributed by atoms with E-state index in [1.807, 2.05) is 6.20 Å². The van der Waals surface area contributed by atoms with E-state index in [1.165, 1.54) is 18.5 Å². The van der Waals surface area contributed by atoms with Gasteiger partial charge in [-0.1, -0.05) is 20.8 Å². The Morgan fingerprint density at radius 3 is 2.71 bits per heavy atom. The first-order valence-corrected chi connectivity index (χ1v) is 8.30. The summed E-state index contributed by atoms with van der Waals surface area (Å²) in [6.07, 6.45) is 5.67. The smallest absolute Gasteiger partial charge is 0.131 e. The third-order valence-electron chi connectivity index (χ3n) is 4.29. The molecule has 1 aliphatic heterocycles. The summed E-state index contributed by atoms with van der Waals surface area (Å²) in [6, 6.07) is 0. The number of aromatic nitrogens is 2. The third kappa shape index (κ3) is 3.73. The van der Waals surface area contributed by atoms with Crippen LogP contribution in [0.15, 0.2) is 6.20 Å². The van der Waals surface area contributed by atoms with Gasteiger partial charge in [0.2, 0.25) is 0 Å². The number of anilines is 1. The summed E-state index contributed by atoms with van der Waals surface area (Å²) in [4.78, 5) is 11.9. The molecule has 0 aliphatic carbocycles. The van der Waals surface area contributed by atoms with Crippen LogP contribution in [0.25, 0.3) is 0 Å². The van der Waals surface area contributed by atoms with Crippen molar-refractivity contribution in [2.75, 3.05) is 18.0 Å². The lowest BCUT2D eigenvalue weighted by Crippen LogP contribution is -2.39. The molecule has 0 saturated carbocycles. The topological polar surface area (TPSA) is 41.1 Å². The van der Waals surface area contributed by atoms with Gasteiger partial charge in [0, 0.05) is 24.5 Å². The van der Waals surface area contributed by atoms with Crippen molar-refractivity contribution in [2.24, 2.45) is 0 Å². The predicted molar refractivity (Wildman–Crippen MR) is 88.8 cm³/mol. The van der Waals surface area contributed by atoms with Gasteiger partial charge < -0.3 is 10.2 Å². The monoisotopic (exact) mass is 290 g/mol. The molecule has 0 aromatic carbocycles. The highest BCUT2D eigenvalue weighted by atomic mass is 15.2. The van der Waals surface area contributed by atoms with Gasteiger partial charge in [-0.2, -0.15) is 0 Å². The standard InChI is InChI=1S/C17H30N4/c1-6-9-18-11-14-15(12-19-16(20-14)13(2)3)21-10-7-8-17(21,4)5/h12-13,18H,6-11H2,1-5H3. The first-order valence-electron chi connectivity index (χ1n) is 8.30. The second-order valence-corrected chi connectivity index (χ2v) is 6.96. The van der Waals surface area contributed by atoms with Gasteiger partial charge in [0.1, 0.15) is 5.82 Å². The third-order valence-corrected chi connectivity index (χ3v) is 4.29. The maximum atomic E-state index is 4.84. The van der Waals surface area contributed by atoms with Gasteiger partial charge in [-0.25, -0.2) is 9.97 Å². The first-order chi connectivity index (χ1) is 9.95. The van der Waals surface area contributed by atoms with E-state index in [2.05, 4.69) is 49.8 Å². The SMILES string of the molecule is CCCNCc1nc(C(C)C)ncc1N1CCCC1(C)C. The lowest BCUT2D eigenvalue weighted by atomic mass is 10.0. The molecule has 0 spiro atoms. The van der Waals surface area contributed by atoms with Crippen LogP contribution in [0.3, 0.4) is 0 Å². The molecule has 1 N–H and O–H groups in total. The highest BCUT2D eigenvalue weighted by Crippen LogP contribution is 2.35. The maximum Gasteiger partial charge on any atom is 0.131 e. The average Bonchev–Trinajstić information content (AvgIpc) is 2.78. The largest absolute Gasteiger partial charge is 0.364 e. The van der Waals surface area contributed by atoms with Gasteiger partial charge in [-0.15, -0.1) is 0 Å². The molecule has 0 atom stereocenters. The highest BCUT2D eigenvalue weighted by molar-refractivity contribution is 5.52. The highest BCUT2D eigenvalue weighted by Gasteiger charge is 2.33. The van der Waals surface area contributed by atoms with Crippen LogP contribution in [-0.2, 0) is 6.54 Å². The van der Waals surface area contributed by atoms with E-state index in [0.29, 0.717) is 5.92 Å². The number of nitrogens with one attached hydrogen (secondary N) is 1. The molecule has 0 radical (unpaired) electrons. The Labute approximate surface area is 129 Å². The summed E-state index contributed by atoms with van der Waals surface area (Å²) in [5.41, 5.74) is 2.57. The zero-order chi connectivity index (χ0) is 15.5. The summed E-state index contributed by atoms with van der Waals surface area (Å²) < 4.78 is 0. The van der Waals surface area contributed by atoms with E-state index in [1.54, 1.807) is 0 Å². The minimum Gasteiger partial charge on any atom is -0.364 e. The fourth-order valence-electron chi connectivity index (χ4n) is 3.00. The van der Waals surface area contributed by atoms with Gasteiger partial charge in [0.15, 0.2) is 0 Å². The van der Waals surface area contributed by atoms with Gasteiger partial charge in [-0.3, -0.25) is 0 Å². The molecule has 1 fully saturated rings. The molecule has 0 amide bonds. The van der Waals surface area contributed by atoms with E-state index in [4.69, 9.17) is 4.98 Å². The molecule has 21 heavy (non-hydrogen) atoms. The number of rotatable bonds is 6. The van der Waals surface area contributed by atoms with E-state index in [-0.39, 0.29) is 5.54 Å². The van der Waals surface area contributed by atoms with Crippen LogP contribution in [0.5, 0.6) is 0 Å². The van der Waals surface area contributed by atoms with Gasteiger partial charge in [-0.05, 0) is 39.7 Å². The van der Waals surface area contributed by atoms with Gasteiger partial charge in [0.05, 0.1) is 17.6 Å². The summed E-state index contributed by atoms with van der Waals surface area (Å²) in [7, 11) is 0. The molecule has 4 nitrogen and oxygen atoms in total. The van der Waals surface area contributed by atoms with Crippen LogP contribution in [0.1, 0.15) is 71.3 Å². The molecule has 2 heterocycles. The Morgan fingerprint density at radius 2 is 2.14 bits per heavy atom. The number of hydrogen-bond donors (Lipinski definition) is 1. The van der Waals surface area contributed by atoms with E-state index >= 15 is 0 Å². The molecule has 2 rings (SSSR count). The molecule has 0 bridgehead atoms. The molecular weight excluding hydrogens is 260 g/mol. The van der Waals surface area contributed by atoms with Gasteiger partial charge in [0.25, 0.3) is 0 Å². The Morgan fingerprint density at radius 1 is 1.38 bits per heavy atom. The van der Waals surface area contributed by atoms with E-state index in [0.717, 1.165) is 37.6 Å². The minimum absolute atomic E-state index is 0.211. The van der Waals surface area contributed by atoms with Crippen molar-refractivity contribution >= 4 is 5.69 Å². The second kappa shape index (κ2) is 6.73. The van der Waals surface area contributed by atoms with Crippen molar-refractivity contribution in [1.82, 2.24) is 15.3 Å². The minimum atomic E-state index is 0.211. The van der Waals surface area contributed by atoms with Crippen LogP contribution in [0, 0.1) is 0 Å². The van der Waals surface area contributed by atoms with Crippen LogP contribution in [-0.4, -0.2) is 28.6 Å². The van der Waals surface area contributed by atoms with Crippen molar-refractivity contribution in [3.05, 3.63) is 17.7 Å². The average molecular weight is 290 g/mol. The normalized spacial score (nSPS) is 17.7. The van der Waals surface area contributed by atoms with Crippen LogP contribution in [0.2, 0.25) is 0 Å².